The van der Waals surface area contributed by atoms with E-state index in [0.29, 0.717) is 0 Å². The molecule has 0 saturated heterocycles. The number of benzene rings is 1. The molecule has 0 aliphatic carbocycles. The van der Waals surface area contributed by atoms with Crippen molar-refractivity contribution in [3.05, 3.63) is 69.8 Å². The number of amides is 2. The Hall–Kier alpha value is -3.95. The highest BCUT2D eigenvalue weighted by Gasteiger charge is 2.16. The number of carbonyl (C=O) groups is 3. The average Bonchev–Trinajstić information content (AvgIpc) is 3.14. The number of hydrogen-bond donors (Lipinski definition) is 2. The summed E-state index contributed by atoms with van der Waals surface area (Å²) in [5, 5.41) is 25.6. The van der Waals surface area contributed by atoms with Gasteiger partial charge >= 0.3 is 0 Å². The molecule has 2 aromatic rings. The van der Waals surface area contributed by atoms with Gasteiger partial charge in [-0.15, -0.1) is 0 Å². The van der Waals surface area contributed by atoms with Crippen molar-refractivity contribution in [1.82, 2.24) is 10.6 Å². The van der Waals surface area contributed by atoms with Crippen molar-refractivity contribution in [3.8, 4) is 0 Å². The first-order valence-corrected chi connectivity index (χ1v) is 7.16. The van der Waals surface area contributed by atoms with Crippen molar-refractivity contribution >= 4 is 29.5 Å². The standard InChI is InChI=1S/C16H13N3O7/c20-14(21)9-17-15(22)12(18-16(23)13-5-2-6-26-13)8-10-3-1-4-11(7-10)19(24)25/h1-8H,9H2,(H,17,22)(H,18,23)(H,20,21)/p-1/b12-8+. The molecule has 1 aromatic carbocycles. The Kier molecular flexibility index (Phi) is 5.83. The topological polar surface area (TPSA) is 155 Å². The zero-order valence-electron chi connectivity index (χ0n) is 13.1. The number of non-ortho nitro benzene ring substituents is 1. The van der Waals surface area contributed by atoms with Crippen LogP contribution in [0.5, 0.6) is 0 Å². The van der Waals surface area contributed by atoms with Crippen LogP contribution in [-0.4, -0.2) is 29.3 Å². The molecule has 1 aromatic heterocycles. The lowest BCUT2D eigenvalue weighted by Gasteiger charge is -2.10. The van der Waals surface area contributed by atoms with Gasteiger partial charge in [0.15, 0.2) is 5.76 Å². The van der Waals surface area contributed by atoms with E-state index >= 15 is 0 Å². The maximum Gasteiger partial charge on any atom is 0.291 e. The quantitative estimate of drug-likeness (QED) is 0.395. The number of nitrogens with one attached hydrogen (secondary N) is 2. The monoisotopic (exact) mass is 358 g/mol. The SMILES string of the molecule is O=C([O-])CNC(=O)/C(=C\c1cccc([N+](=O)[O-])c1)NC(=O)c1ccco1. The first kappa shape index (κ1) is 18.4. The number of carboxylic acid groups (broad SMARTS) is 1. The zero-order chi connectivity index (χ0) is 19.1. The number of nitrogens with zero attached hydrogens (tertiary/aromatic N) is 1. The number of aliphatic carboxylic acids is 1. The summed E-state index contributed by atoms with van der Waals surface area (Å²) in [7, 11) is 0. The van der Waals surface area contributed by atoms with Crippen LogP contribution in [0.25, 0.3) is 6.08 Å². The van der Waals surface area contributed by atoms with Crippen LogP contribution < -0.4 is 15.7 Å². The lowest BCUT2D eigenvalue weighted by atomic mass is 10.1. The van der Waals surface area contributed by atoms with Crippen molar-refractivity contribution in [2.45, 2.75) is 0 Å². The Morgan fingerprint density at radius 3 is 2.58 bits per heavy atom. The summed E-state index contributed by atoms with van der Waals surface area (Å²) in [6.07, 6.45) is 2.42. The Bertz CT molecular complexity index is 872. The van der Waals surface area contributed by atoms with E-state index in [0.717, 1.165) is 0 Å². The van der Waals surface area contributed by atoms with E-state index in [4.69, 9.17) is 4.42 Å². The summed E-state index contributed by atoms with van der Waals surface area (Å²) >= 11 is 0. The highest BCUT2D eigenvalue weighted by Crippen LogP contribution is 2.15. The fourth-order valence-electron chi connectivity index (χ4n) is 1.89. The van der Waals surface area contributed by atoms with Gasteiger partial charge in [-0.25, -0.2) is 0 Å². The van der Waals surface area contributed by atoms with E-state index in [1.807, 2.05) is 5.32 Å². The molecule has 10 nitrogen and oxygen atoms in total. The van der Waals surface area contributed by atoms with Crippen molar-refractivity contribution in [1.29, 1.82) is 0 Å². The fraction of sp³-hybridized carbons (Fsp3) is 0.0625. The van der Waals surface area contributed by atoms with Gasteiger partial charge in [0.25, 0.3) is 17.5 Å². The maximum absolute atomic E-state index is 12.1. The van der Waals surface area contributed by atoms with Gasteiger partial charge < -0.3 is 25.0 Å². The predicted molar refractivity (Wildman–Crippen MR) is 85.3 cm³/mol. The summed E-state index contributed by atoms with van der Waals surface area (Å²) in [5.74, 6) is -3.27. The van der Waals surface area contributed by atoms with Crippen LogP contribution in [0.15, 0.2) is 52.8 Å². The number of nitro groups is 1. The largest absolute Gasteiger partial charge is 0.548 e. The number of rotatable bonds is 7. The third-order valence-electron chi connectivity index (χ3n) is 3.02. The van der Waals surface area contributed by atoms with Crippen LogP contribution >= 0.6 is 0 Å². The second kappa shape index (κ2) is 8.24. The minimum absolute atomic E-state index is 0.0809. The van der Waals surface area contributed by atoms with E-state index < -0.39 is 29.3 Å². The van der Waals surface area contributed by atoms with Gasteiger partial charge in [0.1, 0.15) is 5.70 Å². The van der Waals surface area contributed by atoms with Crippen LogP contribution in [0.1, 0.15) is 16.1 Å². The summed E-state index contributed by atoms with van der Waals surface area (Å²) < 4.78 is 4.91. The van der Waals surface area contributed by atoms with Crippen LogP contribution in [0.3, 0.4) is 0 Å². The van der Waals surface area contributed by atoms with Crippen LogP contribution in [0.2, 0.25) is 0 Å². The third-order valence-corrected chi connectivity index (χ3v) is 3.02. The Balaban J connectivity index is 2.31. The minimum atomic E-state index is -1.52. The number of nitro benzene ring substituents is 1. The van der Waals surface area contributed by atoms with E-state index in [-0.39, 0.29) is 22.7 Å². The van der Waals surface area contributed by atoms with E-state index in [1.165, 1.54) is 48.7 Å². The molecule has 0 unspecified atom stereocenters. The van der Waals surface area contributed by atoms with Gasteiger partial charge in [-0.3, -0.25) is 19.7 Å². The minimum Gasteiger partial charge on any atom is -0.548 e. The Labute approximate surface area is 146 Å². The molecule has 2 amide bonds. The van der Waals surface area contributed by atoms with Gasteiger partial charge in [0.05, 0.1) is 23.7 Å². The molecule has 2 N–H and O–H groups in total. The molecular weight excluding hydrogens is 346 g/mol. The summed E-state index contributed by atoms with van der Waals surface area (Å²) in [4.78, 5) is 44.9. The summed E-state index contributed by atoms with van der Waals surface area (Å²) in [6, 6.07) is 8.14. The summed E-state index contributed by atoms with van der Waals surface area (Å²) in [5.41, 5.74) is -0.295. The molecule has 1 heterocycles. The highest BCUT2D eigenvalue weighted by atomic mass is 16.6. The molecule has 0 fully saturated rings. The van der Waals surface area contributed by atoms with Crippen molar-refractivity contribution in [2.75, 3.05) is 6.54 Å². The molecule has 0 atom stereocenters. The van der Waals surface area contributed by atoms with Crippen molar-refractivity contribution in [3.63, 3.8) is 0 Å². The van der Waals surface area contributed by atoms with Crippen LogP contribution in [0, 0.1) is 10.1 Å². The lowest BCUT2D eigenvalue weighted by molar-refractivity contribution is -0.384. The lowest BCUT2D eigenvalue weighted by Crippen LogP contribution is -2.41. The molecule has 134 valence electrons. The molecule has 0 aliphatic rings. The van der Waals surface area contributed by atoms with Crippen LogP contribution in [-0.2, 0) is 9.59 Å². The number of carbonyl (C=O) groups excluding carboxylic acids is 3. The average molecular weight is 358 g/mol. The first-order chi connectivity index (χ1) is 12.4. The smallest absolute Gasteiger partial charge is 0.291 e. The first-order valence-electron chi connectivity index (χ1n) is 7.16. The molecule has 0 aliphatic heterocycles. The second-order valence-corrected chi connectivity index (χ2v) is 4.90. The molecule has 10 heteroatoms. The molecule has 0 spiro atoms. The van der Waals surface area contributed by atoms with E-state index in [2.05, 4.69) is 5.32 Å². The van der Waals surface area contributed by atoms with Gasteiger partial charge in [-0.2, -0.15) is 0 Å². The van der Waals surface area contributed by atoms with Gasteiger partial charge in [-0.1, -0.05) is 12.1 Å². The Morgan fingerprint density at radius 1 is 1.19 bits per heavy atom. The number of hydrogen-bond acceptors (Lipinski definition) is 7. The number of carboxylic acids is 1. The number of furan rings is 1. The van der Waals surface area contributed by atoms with Gasteiger partial charge in [0.2, 0.25) is 0 Å². The van der Waals surface area contributed by atoms with E-state index in [9.17, 15) is 29.6 Å². The molecular formula is C16H12N3O7-. The second-order valence-electron chi connectivity index (χ2n) is 4.90. The van der Waals surface area contributed by atoms with Gasteiger partial charge in [-0.05, 0) is 23.8 Å². The maximum atomic E-state index is 12.1. The highest BCUT2D eigenvalue weighted by molar-refractivity contribution is 6.04. The zero-order valence-corrected chi connectivity index (χ0v) is 13.1. The van der Waals surface area contributed by atoms with Crippen molar-refractivity contribution in [2.24, 2.45) is 0 Å². The molecule has 26 heavy (non-hydrogen) atoms. The van der Waals surface area contributed by atoms with E-state index in [1.54, 1.807) is 0 Å². The molecule has 0 saturated carbocycles. The third kappa shape index (κ3) is 5.03. The van der Waals surface area contributed by atoms with Crippen molar-refractivity contribution < 1.29 is 28.8 Å². The Morgan fingerprint density at radius 2 is 1.96 bits per heavy atom. The van der Waals surface area contributed by atoms with Gasteiger partial charge in [0, 0.05) is 12.1 Å². The molecule has 2 rings (SSSR count). The normalized spacial score (nSPS) is 10.8. The predicted octanol–water partition coefficient (Wildman–Crippen LogP) is -0.175. The molecule has 0 radical (unpaired) electrons. The fourth-order valence-corrected chi connectivity index (χ4v) is 1.89. The summed E-state index contributed by atoms with van der Waals surface area (Å²) in [6.45, 7) is -0.776. The van der Waals surface area contributed by atoms with Crippen LogP contribution in [0.4, 0.5) is 5.69 Å². The molecule has 0 bridgehead atoms.